The van der Waals surface area contributed by atoms with E-state index in [1.54, 1.807) is 0 Å². The molecular formula is C11H21NO. The minimum atomic E-state index is 0.964. The molecule has 0 aromatic rings. The summed E-state index contributed by atoms with van der Waals surface area (Å²) < 4.78 is 5.12. The van der Waals surface area contributed by atoms with Crippen LogP contribution in [-0.4, -0.2) is 26.8 Å². The lowest BCUT2D eigenvalue weighted by atomic mass is 9.91. The average Bonchev–Trinajstić information content (AvgIpc) is 2.95. The third kappa shape index (κ3) is 2.44. The summed E-state index contributed by atoms with van der Waals surface area (Å²) in [6.45, 7) is 3.46. The van der Waals surface area contributed by atoms with Crippen molar-refractivity contribution in [3.8, 4) is 0 Å². The van der Waals surface area contributed by atoms with Crippen LogP contribution in [0.1, 0.15) is 25.7 Å². The maximum atomic E-state index is 5.12. The zero-order valence-corrected chi connectivity index (χ0v) is 8.59. The van der Waals surface area contributed by atoms with Gasteiger partial charge in [-0.25, -0.2) is 0 Å². The molecule has 1 N–H and O–H groups in total. The van der Waals surface area contributed by atoms with Crippen LogP contribution in [0.2, 0.25) is 0 Å². The number of hydrogen-bond acceptors (Lipinski definition) is 2. The summed E-state index contributed by atoms with van der Waals surface area (Å²) >= 11 is 0. The molecule has 1 aliphatic carbocycles. The Bertz CT molecular complexity index is 154. The molecule has 2 heteroatoms. The fourth-order valence-corrected chi connectivity index (χ4v) is 2.72. The highest BCUT2D eigenvalue weighted by atomic mass is 16.5. The fourth-order valence-electron chi connectivity index (χ4n) is 2.72. The lowest BCUT2D eigenvalue weighted by Gasteiger charge is -2.22. The van der Waals surface area contributed by atoms with Crippen LogP contribution >= 0.6 is 0 Å². The van der Waals surface area contributed by atoms with E-state index >= 15 is 0 Å². The van der Waals surface area contributed by atoms with Crippen molar-refractivity contribution in [2.75, 3.05) is 26.8 Å². The summed E-state index contributed by atoms with van der Waals surface area (Å²) in [6.07, 6.45) is 5.60. The molecule has 0 aromatic carbocycles. The lowest BCUT2D eigenvalue weighted by Crippen LogP contribution is -2.28. The molecule has 1 saturated heterocycles. The second-order valence-corrected chi connectivity index (χ2v) is 4.53. The van der Waals surface area contributed by atoms with Crippen LogP contribution in [0.4, 0.5) is 0 Å². The van der Waals surface area contributed by atoms with Crippen molar-refractivity contribution in [3.63, 3.8) is 0 Å². The van der Waals surface area contributed by atoms with Gasteiger partial charge in [-0.15, -0.1) is 0 Å². The molecular weight excluding hydrogens is 162 g/mol. The van der Waals surface area contributed by atoms with Gasteiger partial charge in [0.1, 0.15) is 0 Å². The van der Waals surface area contributed by atoms with Gasteiger partial charge in [-0.3, -0.25) is 0 Å². The van der Waals surface area contributed by atoms with Gasteiger partial charge in [0, 0.05) is 13.7 Å². The SMILES string of the molecule is COCC[C@@H]1C[C@@H]1C1CCNCC1. The second-order valence-electron chi connectivity index (χ2n) is 4.53. The van der Waals surface area contributed by atoms with Gasteiger partial charge in [0.15, 0.2) is 0 Å². The van der Waals surface area contributed by atoms with Crippen LogP contribution in [0.25, 0.3) is 0 Å². The lowest BCUT2D eigenvalue weighted by molar-refractivity contribution is 0.185. The average molecular weight is 183 g/mol. The van der Waals surface area contributed by atoms with Crippen molar-refractivity contribution < 1.29 is 4.74 Å². The largest absolute Gasteiger partial charge is 0.385 e. The van der Waals surface area contributed by atoms with Gasteiger partial charge in [0.2, 0.25) is 0 Å². The van der Waals surface area contributed by atoms with Crippen molar-refractivity contribution >= 4 is 0 Å². The molecule has 2 rings (SSSR count). The Kier molecular flexibility index (Phi) is 3.23. The molecule has 1 heterocycles. The molecule has 1 saturated carbocycles. The number of nitrogens with one attached hydrogen (secondary N) is 1. The van der Waals surface area contributed by atoms with Gasteiger partial charge in [-0.05, 0) is 56.5 Å². The van der Waals surface area contributed by atoms with Crippen molar-refractivity contribution in [2.24, 2.45) is 17.8 Å². The second kappa shape index (κ2) is 4.43. The van der Waals surface area contributed by atoms with Crippen molar-refractivity contribution in [3.05, 3.63) is 0 Å². The Morgan fingerprint density at radius 2 is 2.08 bits per heavy atom. The summed E-state index contributed by atoms with van der Waals surface area (Å²) in [5, 5.41) is 3.43. The van der Waals surface area contributed by atoms with E-state index in [1.165, 1.54) is 38.8 Å². The van der Waals surface area contributed by atoms with E-state index < -0.39 is 0 Å². The van der Waals surface area contributed by atoms with Crippen LogP contribution in [0.5, 0.6) is 0 Å². The number of methoxy groups -OCH3 is 1. The summed E-state index contributed by atoms with van der Waals surface area (Å²) in [5.74, 6) is 3.09. The monoisotopic (exact) mass is 183 g/mol. The van der Waals surface area contributed by atoms with Gasteiger partial charge < -0.3 is 10.1 Å². The number of ether oxygens (including phenoxy) is 1. The minimum Gasteiger partial charge on any atom is -0.385 e. The number of hydrogen-bond donors (Lipinski definition) is 1. The molecule has 2 atom stereocenters. The third-order valence-corrected chi connectivity index (χ3v) is 3.66. The minimum absolute atomic E-state index is 0.964. The molecule has 0 bridgehead atoms. The maximum absolute atomic E-state index is 5.12. The topological polar surface area (TPSA) is 21.3 Å². The zero-order valence-electron chi connectivity index (χ0n) is 8.59. The van der Waals surface area contributed by atoms with E-state index in [4.69, 9.17) is 4.74 Å². The molecule has 0 unspecified atom stereocenters. The Morgan fingerprint density at radius 1 is 1.31 bits per heavy atom. The molecule has 0 aromatic heterocycles. The van der Waals surface area contributed by atoms with E-state index in [0.29, 0.717) is 0 Å². The zero-order chi connectivity index (χ0) is 9.10. The molecule has 2 fully saturated rings. The Labute approximate surface area is 81.0 Å². The van der Waals surface area contributed by atoms with Gasteiger partial charge in [-0.1, -0.05) is 0 Å². The third-order valence-electron chi connectivity index (χ3n) is 3.66. The molecule has 0 amide bonds. The van der Waals surface area contributed by atoms with E-state index in [-0.39, 0.29) is 0 Å². The first kappa shape index (κ1) is 9.47. The predicted octanol–water partition coefficient (Wildman–Crippen LogP) is 1.66. The first-order chi connectivity index (χ1) is 6.42. The molecule has 1 aliphatic heterocycles. The molecule has 0 radical (unpaired) electrons. The fraction of sp³-hybridized carbons (Fsp3) is 1.00. The number of rotatable bonds is 4. The highest BCUT2D eigenvalue weighted by Gasteiger charge is 2.41. The molecule has 13 heavy (non-hydrogen) atoms. The first-order valence-corrected chi connectivity index (χ1v) is 5.61. The highest BCUT2D eigenvalue weighted by Crippen LogP contribution is 2.49. The van der Waals surface area contributed by atoms with Crippen LogP contribution in [0, 0.1) is 17.8 Å². The molecule has 2 aliphatic rings. The number of piperidine rings is 1. The Balaban J connectivity index is 1.66. The normalized spacial score (nSPS) is 34.8. The standard InChI is InChI=1S/C11H21NO/c1-13-7-4-10-8-11(10)9-2-5-12-6-3-9/h9-12H,2-8H2,1H3/t10-,11-/m1/s1. The van der Waals surface area contributed by atoms with Crippen LogP contribution in [0.15, 0.2) is 0 Å². The highest BCUT2D eigenvalue weighted by molar-refractivity contribution is 4.92. The van der Waals surface area contributed by atoms with Crippen LogP contribution in [0.3, 0.4) is 0 Å². The van der Waals surface area contributed by atoms with Crippen molar-refractivity contribution in [2.45, 2.75) is 25.7 Å². The van der Waals surface area contributed by atoms with Gasteiger partial charge >= 0.3 is 0 Å². The van der Waals surface area contributed by atoms with E-state index in [0.717, 1.165) is 24.4 Å². The van der Waals surface area contributed by atoms with E-state index in [9.17, 15) is 0 Å². The van der Waals surface area contributed by atoms with Crippen LogP contribution < -0.4 is 5.32 Å². The molecule has 2 nitrogen and oxygen atoms in total. The van der Waals surface area contributed by atoms with Gasteiger partial charge in [0.25, 0.3) is 0 Å². The maximum Gasteiger partial charge on any atom is 0.0465 e. The quantitative estimate of drug-likeness (QED) is 0.715. The smallest absolute Gasteiger partial charge is 0.0465 e. The van der Waals surface area contributed by atoms with Crippen LogP contribution in [-0.2, 0) is 4.74 Å². The summed E-state index contributed by atoms with van der Waals surface area (Å²) in [5.41, 5.74) is 0. The first-order valence-electron chi connectivity index (χ1n) is 5.61. The Hall–Kier alpha value is -0.0800. The summed E-state index contributed by atoms with van der Waals surface area (Å²) in [7, 11) is 1.81. The van der Waals surface area contributed by atoms with Crippen molar-refractivity contribution in [1.82, 2.24) is 5.32 Å². The van der Waals surface area contributed by atoms with Gasteiger partial charge in [-0.2, -0.15) is 0 Å². The Morgan fingerprint density at radius 3 is 2.77 bits per heavy atom. The predicted molar refractivity (Wildman–Crippen MR) is 53.7 cm³/mol. The molecule has 0 spiro atoms. The summed E-state index contributed by atoms with van der Waals surface area (Å²) in [6, 6.07) is 0. The molecule has 76 valence electrons. The summed E-state index contributed by atoms with van der Waals surface area (Å²) in [4.78, 5) is 0. The van der Waals surface area contributed by atoms with E-state index in [1.807, 2.05) is 7.11 Å². The van der Waals surface area contributed by atoms with E-state index in [2.05, 4.69) is 5.32 Å². The van der Waals surface area contributed by atoms with Gasteiger partial charge in [0.05, 0.1) is 0 Å². The van der Waals surface area contributed by atoms with Crippen molar-refractivity contribution in [1.29, 1.82) is 0 Å².